The van der Waals surface area contributed by atoms with Crippen LogP contribution >= 0.6 is 0 Å². The molecule has 2 amide bonds. The maximum absolute atomic E-state index is 14.5. The molecule has 3 aromatic carbocycles. The van der Waals surface area contributed by atoms with Gasteiger partial charge < -0.3 is 15.2 Å². The molecule has 37 heavy (non-hydrogen) atoms. The minimum atomic E-state index is -0.678. The second-order valence-corrected chi connectivity index (χ2v) is 9.65. The van der Waals surface area contributed by atoms with Crippen LogP contribution in [0.1, 0.15) is 54.6 Å². The molecule has 2 N–H and O–H groups in total. The number of anilines is 2. The summed E-state index contributed by atoms with van der Waals surface area (Å²) in [5.41, 5.74) is 1.99. The van der Waals surface area contributed by atoms with Crippen LogP contribution < -0.4 is 10.6 Å². The summed E-state index contributed by atoms with van der Waals surface area (Å²) < 4.78 is 30.6. The number of carbonyl (C=O) groups is 2. The number of halogens is 2. The number of hydrogen-bond donors (Lipinski definition) is 2. The van der Waals surface area contributed by atoms with Crippen molar-refractivity contribution in [3.63, 3.8) is 0 Å². The first kappa shape index (κ1) is 24.7. The number of amides is 2. The summed E-state index contributed by atoms with van der Waals surface area (Å²) in [5, 5.41) is 6.49. The highest BCUT2D eigenvalue weighted by Gasteiger charge is 2.20. The van der Waals surface area contributed by atoms with E-state index in [1.165, 1.54) is 43.9 Å². The van der Waals surface area contributed by atoms with Crippen LogP contribution in [0.5, 0.6) is 0 Å². The van der Waals surface area contributed by atoms with Crippen molar-refractivity contribution >= 4 is 34.1 Å². The number of rotatable bonds is 8. The van der Waals surface area contributed by atoms with Gasteiger partial charge in [0, 0.05) is 34.3 Å². The van der Waals surface area contributed by atoms with E-state index in [9.17, 15) is 18.4 Å². The molecule has 0 unspecified atom stereocenters. The van der Waals surface area contributed by atoms with E-state index in [2.05, 4.69) is 10.6 Å². The second kappa shape index (κ2) is 10.9. The Kier molecular flexibility index (Phi) is 7.30. The Labute approximate surface area is 214 Å². The highest BCUT2D eigenvalue weighted by Crippen LogP contribution is 2.29. The normalized spacial score (nSPS) is 13.7. The van der Waals surface area contributed by atoms with Crippen molar-refractivity contribution in [2.24, 2.45) is 5.92 Å². The van der Waals surface area contributed by atoms with Crippen LogP contribution in [-0.4, -0.2) is 16.4 Å². The smallest absolute Gasteiger partial charge is 0.272 e. The van der Waals surface area contributed by atoms with Crippen molar-refractivity contribution in [3.8, 4) is 0 Å². The van der Waals surface area contributed by atoms with E-state index in [1.807, 2.05) is 18.2 Å². The number of fused-ring (bicyclic) bond motifs is 1. The summed E-state index contributed by atoms with van der Waals surface area (Å²) in [5.74, 6) is -1.17. The fourth-order valence-electron chi connectivity index (χ4n) is 5.12. The van der Waals surface area contributed by atoms with Gasteiger partial charge >= 0.3 is 0 Å². The lowest BCUT2D eigenvalue weighted by atomic mass is 10.0. The summed E-state index contributed by atoms with van der Waals surface area (Å²) in [6, 6.07) is 19.7. The molecule has 1 saturated carbocycles. The Morgan fingerprint density at radius 1 is 0.838 bits per heavy atom. The molecule has 1 aliphatic rings. The predicted octanol–water partition coefficient (Wildman–Crippen LogP) is 7.13. The monoisotopic (exact) mass is 501 g/mol. The Hall–Kier alpha value is -4.00. The van der Waals surface area contributed by atoms with Crippen molar-refractivity contribution in [1.29, 1.82) is 0 Å². The first-order chi connectivity index (χ1) is 18.0. The number of para-hydroxylation sites is 1. The van der Waals surface area contributed by atoms with Gasteiger partial charge in [-0.05, 0) is 60.9 Å². The van der Waals surface area contributed by atoms with Crippen molar-refractivity contribution in [3.05, 3.63) is 95.7 Å². The van der Waals surface area contributed by atoms with Crippen LogP contribution in [0.15, 0.2) is 72.8 Å². The zero-order valence-corrected chi connectivity index (χ0v) is 20.5. The molecule has 4 aromatic rings. The van der Waals surface area contributed by atoms with Crippen molar-refractivity contribution in [2.75, 3.05) is 10.6 Å². The SMILES string of the molecule is O=C(CCC1CCCC1)Nc1ccc2c(c1)cc(C(=O)Nc1ccccc1)n2Cc1c(F)cccc1F. The highest BCUT2D eigenvalue weighted by molar-refractivity contribution is 6.07. The molecular formula is C30H29F2N3O2. The average molecular weight is 502 g/mol. The summed E-state index contributed by atoms with van der Waals surface area (Å²) in [6.07, 6.45) is 6.25. The van der Waals surface area contributed by atoms with Gasteiger partial charge in [0.05, 0.1) is 6.54 Å². The first-order valence-corrected chi connectivity index (χ1v) is 12.7. The standard InChI is InChI=1S/C30H29F2N3O2/c31-25-11-6-12-26(32)24(25)19-35-27-15-14-23(33-29(36)16-13-20-7-4-5-8-20)17-21(27)18-28(35)30(37)34-22-9-2-1-3-10-22/h1-3,6,9-12,14-15,17-18,20H,4-5,7-8,13,16,19H2,(H,33,36)(H,34,37). The molecule has 0 aliphatic heterocycles. The Balaban J connectivity index is 1.44. The fraction of sp³-hybridized carbons (Fsp3) is 0.267. The summed E-state index contributed by atoms with van der Waals surface area (Å²) in [7, 11) is 0. The number of nitrogens with one attached hydrogen (secondary N) is 2. The number of aromatic nitrogens is 1. The zero-order chi connectivity index (χ0) is 25.8. The van der Waals surface area contributed by atoms with Crippen LogP contribution in [-0.2, 0) is 11.3 Å². The maximum atomic E-state index is 14.5. The second-order valence-electron chi connectivity index (χ2n) is 9.65. The number of hydrogen-bond acceptors (Lipinski definition) is 2. The minimum absolute atomic E-state index is 0.0406. The molecule has 0 radical (unpaired) electrons. The molecule has 0 saturated heterocycles. The average Bonchev–Trinajstić information content (AvgIpc) is 3.53. The summed E-state index contributed by atoms with van der Waals surface area (Å²) in [4.78, 5) is 25.8. The summed E-state index contributed by atoms with van der Waals surface area (Å²) in [6.45, 7) is -0.160. The van der Waals surface area contributed by atoms with E-state index in [0.717, 1.165) is 6.42 Å². The van der Waals surface area contributed by atoms with Crippen LogP contribution in [0.3, 0.4) is 0 Å². The van der Waals surface area contributed by atoms with E-state index in [4.69, 9.17) is 0 Å². The zero-order valence-electron chi connectivity index (χ0n) is 20.5. The van der Waals surface area contributed by atoms with E-state index >= 15 is 0 Å². The van der Waals surface area contributed by atoms with Gasteiger partial charge in [0.2, 0.25) is 5.91 Å². The van der Waals surface area contributed by atoms with E-state index in [-0.39, 0.29) is 23.7 Å². The number of nitrogens with zero attached hydrogens (tertiary/aromatic N) is 1. The van der Waals surface area contributed by atoms with Crippen LogP contribution in [0, 0.1) is 17.6 Å². The fourth-order valence-corrected chi connectivity index (χ4v) is 5.12. The molecule has 190 valence electrons. The van der Waals surface area contributed by atoms with Gasteiger partial charge in [-0.1, -0.05) is 49.9 Å². The molecular weight excluding hydrogens is 472 g/mol. The van der Waals surface area contributed by atoms with Crippen molar-refractivity contribution in [2.45, 2.75) is 45.1 Å². The van der Waals surface area contributed by atoms with Gasteiger partial charge in [-0.3, -0.25) is 9.59 Å². The summed E-state index contributed by atoms with van der Waals surface area (Å²) >= 11 is 0. The first-order valence-electron chi connectivity index (χ1n) is 12.7. The molecule has 0 spiro atoms. The van der Waals surface area contributed by atoms with Gasteiger partial charge in [0.25, 0.3) is 5.91 Å². The lowest BCUT2D eigenvalue weighted by Gasteiger charge is -2.13. The minimum Gasteiger partial charge on any atom is -0.332 e. The maximum Gasteiger partial charge on any atom is 0.272 e. The molecule has 1 aliphatic carbocycles. The molecule has 7 heteroatoms. The van der Waals surface area contributed by atoms with Gasteiger partial charge in [-0.2, -0.15) is 0 Å². The third-order valence-corrected chi connectivity index (χ3v) is 7.08. The van der Waals surface area contributed by atoms with Crippen molar-refractivity contribution < 1.29 is 18.4 Å². The molecule has 1 heterocycles. The van der Waals surface area contributed by atoms with E-state index in [1.54, 1.807) is 41.0 Å². The molecule has 0 atom stereocenters. The Bertz CT molecular complexity index is 1410. The van der Waals surface area contributed by atoms with E-state index in [0.29, 0.717) is 34.6 Å². The van der Waals surface area contributed by atoms with E-state index < -0.39 is 17.5 Å². The Morgan fingerprint density at radius 3 is 2.30 bits per heavy atom. The predicted molar refractivity (Wildman–Crippen MR) is 142 cm³/mol. The van der Waals surface area contributed by atoms with Crippen LogP contribution in [0.2, 0.25) is 0 Å². The largest absolute Gasteiger partial charge is 0.332 e. The lowest BCUT2D eigenvalue weighted by molar-refractivity contribution is -0.116. The van der Waals surface area contributed by atoms with Crippen LogP contribution in [0.25, 0.3) is 10.9 Å². The quantitative estimate of drug-likeness (QED) is 0.270. The third kappa shape index (κ3) is 5.71. The topological polar surface area (TPSA) is 63.1 Å². The molecule has 1 fully saturated rings. The van der Waals surface area contributed by atoms with Crippen LogP contribution in [0.4, 0.5) is 20.2 Å². The van der Waals surface area contributed by atoms with Gasteiger partial charge in [-0.25, -0.2) is 8.78 Å². The number of carbonyl (C=O) groups excluding carboxylic acids is 2. The van der Waals surface area contributed by atoms with Gasteiger partial charge in [0.1, 0.15) is 17.3 Å². The third-order valence-electron chi connectivity index (χ3n) is 7.08. The molecule has 5 rings (SSSR count). The molecule has 1 aromatic heterocycles. The highest BCUT2D eigenvalue weighted by atomic mass is 19.1. The van der Waals surface area contributed by atoms with Gasteiger partial charge in [0.15, 0.2) is 0 Å². The Morgan fingerprint density at radius 2 is 1.57 bits per heavy atom. The van der Waals surface area contributed by atoms with Crippen molar-refractivity contribution in [1.82, 2.24) is 4.57 Å². The lowest BCUT2D eigenvalue weighted by Crippen LogP contribution is -2.18. The molecule has 5 nitrogen and oxygen atoms in total. The molecule has 0 bridgehead atoms. The number of benzene rings is 3. The van der Waals surface area contributed by atoms with Gasteiger partial charge in [-0.15, -0.1) is 0 Å².